The highest BCUT2D eigenvalue weighted by molar-refractivity contribution is 5.67. The predicted octanol–water partition coefficient (Wildman–Crippen LogP) is -0.323. The molecule has 0 radical (unpaired) electrons. The molecule has 1 aliphatic heterocycles. The third-order valence-corrected chi connectivity index (χ3v) is 2.16. The molecule has 76 valence electrons. The summed E-state index contributed by atoms with van der Waals surface area (Å²) >= 11 is 0. The minimum Gasteiger partial charge on any atom is -0.450 e. The SMILES string of the molecule is CCOC(=O)N1CCN(CN)CC1. The van der Waals surface area contributed by atoms with Crippen LogP contribution in [0.25, 0.3) is 0 Å². The number of rotatable bonds is 2. The van der Waals surface area contributed by atoms with Crippen LogP contribution in [0.15, 0.2) is 0 Å². The first-order valence-corrected chi connectivity index (χ1v) is 4.62. The first-order chi connectivity index (χ1) is 6.27. The van der Waals surface area contributed by atoms with Crippen LogP contribution in [0.1, 0.15) is 6.92 Å². The van der Waals surface area contributed by atoms with Crippen LogP contribution in [0.3, 0.4) is 0 Å². The Labute approximate surface area is 78.4 Å². The van der Waals surface area contributed by atoms with Crippen molar-refractivity contribution in [2.45, 2.75) is 6.92 Å². The zero-order chi connectivity index (χ0) is 9.68. The number of amides is 1. The summed E-state index contributed by atoms with van der Waals surface area (Å²) in [4.78, 5) is 15.1. The Morgan fingerprint density at radius 3 is 2.46 bits per heavy atom. The maximum absolute atomic E-state index is 11.2. The van der Waals surface area contributed by atoms with Crippen LogP contribution >= 0.6 is 0 Å². The summed E-state index contributed by atoms with van der Waals surface area (Å²) in [6, 6.07) is 0. The molecule has 0 aliphatic carbocycles. The van der Waals surface area contributed by atoms with E-state index < -0.39 is 0 Å². The van der Waals surface area contributed by atoms with Crippen molar-refractivity contribution in [1.82, 2.24) is 9.80 Å². The van der Waals surface area contributed by atoms with Crippen LogP contribution in [0, 0.1) is 0 Å². The van der Waals surface area contributed by atoms with Crippen molar-refractivity contribution in [2.24, 2.45) is 5.73 Å². The average molecular weight is 187 g/mol. The highest BCUT2D eigenvalue weighted by Crippen LogP contribution is 2.01. The van der Waals surface area contributed by atoms with Crippen molar-refractivity contribution < 1.29 is 9.53 Å². The Balaban J connectivity index is 2.28. The largest absolute Gasteiger partial charge is 0.450 e. The molecular formula is C8H17N3O2. The lowest BCUT2D eigenvalue weighted by Gasteiger charge is -2.32. The molecule has 5 nitrogen and oxygen atoms in total. The van der Waals surface area contributed by atoms with Crippen LogP contribution in [0.4, 0.5) is 4.79 Å². The van der Waals surface area contributed by atoms with Gasteiger partial charge in [0.15, 0.2) is 0 Å². The van der Waals surface area contributed by atoms with E-state index in [0.717, 1.165) is 26.2 Å². The predicted molar refractivity (Wildman–Crippen MR) is 49.2 cm³/mol. The van der Waals surface area contributed by atoms with Crippen molar-refractivity contribution in [1.29, 1.82) is 0 Å². The second-order valence-electron chi connectivity index (χ2n) is 2.99. The van der Waals surface area contributed by atoms with Gasteiger partial charge in [-0.3, -0.25) is 4.90 Å². The van der Waals surface area contributed by atoms with Crippen LogP contribution < -0.4 is 5.73 Å². The molecule has 1 rings (SSSR count). The maximum Gasteiger partial charge on any atom is 0.409 e. The quantitative estimate of drug-likeness (QED) is 0.643. The van der Waals surface area contributed by atoms with Gasteiger partial charge >= 0.3 is 6.09 Å². The molecule has 0 bridgehead atoms. The smallest absolute Gasteiger partial charge is 0.409 e. The molecular weight excluding hydrogens is 170 g/mol. The van der Waals surface area contributed by atoms with Gasteiger partial charge in [-0.05, 0) is 6.92 Å². The number of nitrogens with zero attached hydrogens (tertiary/aromatic N) is 2. The summed E-state index contributed by atoms with van der Waals surface area (Å²) in [7, 11) is 0. The van der Waals surface area contributed by atoms with E-state index in [2.05, 4.69) is 4.90 Å². The monoisotopic (exact) mass is 187 g/mol. The van der Waals surface area contributed by atoms with Gasteiger partial charge in [0.05, 0.1) is 6.61 Å². The van der Waals surface area contributed by atoms with E-state index in [4.69, 9.17) is 10.5 Å². The zero-order valence-electron chi connectivity index (χ0n) is 8.03. The van der Waals surface area contributed by atoms with Gasteiger partial charge in [-0.15, -0.1) is 0 Å². The molecule has 0 aromatic rings. The number of hydrogen-bond acceptors (Lipinski definition) is 4. The van der Waals surface area contributed by atoms with Gasteiger partial charge in [0.1, 0.15) is 0 Å². The molecule has 2 N–H and O–H groups in total. The summed E-state index contributed by atoms with van der Waals surface area (Å²) in [6.45, 7) is 5.94. The van der Waals surface area contributed by atoms with E-state index in [1.54, 1.807) is 4.90 Å². The van der Waals surface area contributed by atoms with Gasteiger partial charge in [-0.1, -0.05) is 0 Å². The van der Waals surface area contributed by atoms with Crippen LogP contribution in [-0.2, 0) is 4.74 Å². The van der Waals surface area contributed by atoms with E-state index in [1.165, 1.54) is 0 Å². The van der Waals surface area contributed by atoms with Crippen LogP contribution in [0.2, 0.25) is 0 Å². The average Bonchev–Trinajstić information content (AvgIpc) is 2.18. The Morgan fingerprint density at radius 2 is 2.00 bits per heavy atom. The van der Waals surface area contributed by atoms with Crippen LogP contribution in [-0.4, -0.2) is 55.3 Å². The molecule has 1 heterocycles. The third-order valence-electron chi connectivity index (χ3n) is 2.16. The molecule has 1 amide bonds. The molecule has 0 aromatic carbocycles. The van der Waals surface area contributed by atoms with E-state index in [0.29, 0.717) is 13.3 Å². The fourth-order valence-corrected chi connectivity index (χ4v) is 1.33. The number of ether oxygens (including phenoxy) is 1. The number of piperazine rings is 1. The summed E-state index contributed by atoms with van der Waals surface area (Å²) < 4.78 is 4.89. The molecule has 13 heavy (non-hydrogen) atoms. The Bertz CT molecular complexity index is 167. The first kappa shape index (κ1) is 10.3. The zero-order valence-corrected chi connectivity index (χ0v) is 8.03. The minimum atomic E-state index is -0.209. The number of carbonyl (C=O) groups is 1. The van der Waals surface area contributed by atoms with Crippen molar-refractivity contribution in [3.8, 4) is 0 Å². The lowest BCUT2D eigenvalue weighted by Crippen LogP contribution is -2.50. The molecule has 1 fully saturated rings. The Kier molecular flexibility index (Phi) is 3.98. The van der Waals surface area contributed by atoms with Crippen molar-refractivity contribution in [3.05, 3.63) is 0 Å². The van der Waals surface area contributed by atoms with Gasteiger partial charge in [-0.2, -0.15) is 0 Å². The second kappa shape index (κ2) is 5.04. The normalized spacial score (nSPS) is 18.8. The fraction of sp³-hybridized carbons (Fsp3) is 0.875. The lowest BCUT2D eigenvalue weighted by atomic mass is 10.3. The number of nitrogens with two attached hydrogens (primary N) is 1. The van der Waals surface area contributed by atoms with Gasteiger partial charge in [0, 0.05) is 32.8 Å². The highest BCUT2D eigenvalue weighted by atomic mass is 16.6. The molecule has 0 aromatic heterocycles. The highest BCUT2D eigenvalue weighted by Gasteiger charge is 2.20. The Morgan fingerprint density at radius 1 is 1.38 bits per heavy atom. The molecule has 1 aliphatic rings. The molecule has 0 saturated carbocycles. The summed E-state index contributed by atoms with van der Waals surface area (Å²) in [5.74, 6) is 0. The fourth-order valence-electron chi connectivity index (χ4n) is 1.33. The number of carbonyl (C=O) groups excluding carboxylic acids is 1. The first-order valence-electron chi connectivity index (χ1n) is 4.62. The van der Waals surface area contributed by atoms with Gasteiger partial charge in [0.25, 0.3) is 0 Å². The second-order valence-corrected chi connectivity index (χ2v) is 2.99. The molecule has 0 unspecified atom stereocenters. The van der Waals surface area contributed by atoms with Crippen molar-refractivity contribution in [2.75, 3.05) is 39.5 Å². The van der Waals surface area contributed by atoms with Crippen LogP contribution in [0.5, 0.6) is 0 Å². The summed E-state index contributed by atoms with van der Waals surface area (Å²) in [5.41, 5.74) is 5.47. The third kappa shape index (κ3) is 2.86. The number of hydrogen-bond donors (Lipinski definition) is 1. The van der Waals surface area contributed by atoms with E-state index in [9.17, 15) is 4.79 Å². The molecule has 0 spiro atoms. The molecule has 1 saturated heterocycles. The topological polar surface area (TPSA) is 58.8 Å². The molecule has 5 heteroatoms. The maximum atomic E-state index is 11.2. The molecule has 0 atom stereocenters. The van der Waals surface area contributed by atoms with E-state index in [-0.39, 0.29) is 6.09 Å². The van der Waals surface area contributed by atoms with E-state index >= 15 is 0 Å². The van der Waals surface area contributed by atoms with Crippen molar-refractivity contribution >= 4 is 6.09 Å². The van der Waals surface area contributed by atoms with Gasteiger partial charge < -0.3 is 15.4 Å². The summed E-state index contributed by atoms with van der Waals surface area (Å²) in [5, 5.41) is 0. The summed E-state index contributed by atoms with van der Waals surface area (Å²) in [6.07, 6.45) is -0.209. The Hall–Kier alpha value is -0.810. The van der Waals surface area contributed by atoms with Gasteiger partial charge in [0.2, 0.25) is 0 Å². The van der Waals surface area contributed by atoms with E-state index in [1.807, 2.05) is 6.92 Å². The minimum absolute atomic E-state index is 0.209. The lowest BCUT2D eigenvalue weighted by molar-refractivity contribution is 0.0803. The van der Waals surface area contributed by atoms with Gasteiger partial charge in [-0.25, -0.2) is 4.79 Å². The van der Waals surface area contributed by atoms with Crippen molar-refractivity contribution in [3.63, 3.8) is 0 Å². The standard InChI is InChI=1S/C8H17N3O2/c1-2-13-8(12)11-5-3-10(7-9)4-6-11/h2-7,9H2,1H3.